The zero-order valence-corrected chi connectivity index (χ0v) is 21.3. The van der Waals surface area contributed by atoms with Crippen molar-refractivity contribution in [3.63, 3.8) is 0 Å². The Labute approximate surface area is 208 Å². The van der Waals surface area contributed by atoms with Crippen LogP contribution in [-0.2, 0) is 16.6 Å². The minimum Gasteiger partial charge on any atom is -0.363 e. The molecule has 35 heavy (non-hydrogen) atoms. The maximum Gasteiger partial charge on any atom is 0.242 e. The smallest absolute Gasteiger partial charge is 0.242 e. The summed E-state index contributed by atoms with van der Waals surface area (Å²) in [7, 11) is -3.81. The van der Waals surface area contributed by atoms with Gasteiger partial charge in [-0.3, -0.25) is 0 Å². The molecule has 0 saturated carbocycles. The molecule has 3 heterocycles. The molecule has 182 valence electrons. The summed E-state index contributed by atoms with van der Waals surface area (Å²) in [5, 5.41) is 15.6. The molecule has 0 radical (unpaired) electrons. The van der Waals surface area contributed by atoms with Gasteiger partial charge in [0, 0.05) is 18.4 Å². The molecule has 0 fully saturated rings. The minimum atomic E-state index is -3.81. The predicted molar refractivity (Wildman–Crippen MR) is 133 cm³/mol. The SMILES string of the molecule is Cc1cc(NCc2nnnn2-c2c(C)cccc2C)ncc1S(=O)(=O)NC(C)c1ccc(Cl)nc1. The van der Waals surface area contributed by atoms with E-state index in [0.717, 1.165) is 16.8 Å². The Hall–Kier alpha value is -3.41. The third-order valence-corrected chi connectivity index (χ3v) is 7.44. The molecule has 0 bridgehead atoms. The van der Waals surface area contributed by atoms with Crippen molar-refractivity contribution >= 4 is 27.4 Å². The van der Waals surface area contributed by atoms with Crippen LogP contribution < -0.4 is 10.0 Å². The van der Waals surface area contributed by atoms with Crippen LogP contribution >= 0.6 is 11.6 Å². The third kappa shape index (κ3) is 5.47. The van der Waals surface area contributed by atoms with E-state index in [9.17, 15) is 8.42 Å². The van der Waals surface area contributed by atoms with Crippen LogP contribution in [0, 0.1) is 20.8 Å². The van der Waals surface area contributed by atoms with Crippen molar-refractivity contribution in [3.05, 3.63) is 82.0 Å². The number of tetrazole rings is 1. The number of halogens is 1. The standard InChI is InChI=1S/C23H25ClN8O2S/c1-14-6-5-7-15(2)23(14)32-22(28-30-31-32)13-27-21-10-16(3)19(12-26-21)35(33,34)29-17(4)18-8-9-20(24)25-11-18/h5-12,17,29H,13H2,1-4H3,(H,26,27). The van der Waals surface area contributed by atoms with Crippen molar-refractivity contribution in [3.8, 4) is 5.69 Å². The summed E-state index contributed by atoms with van der Waals surface area (Å²) in [5.41, 5.74) is 4.28. The summed E-state index contributed by atoms with van der Waals surface area (Å²) in [4.78, 5) is 8.39. The molecule has 0 aliphatic heterocycles. The average Bonchev–Trinajstić information content (AvgIpc) is 3.25. The lowest BCUT2D eigenvalue weighted by atomic mass is 10.1. The van der Waals surface area contributed by atoms with Crippen molar-refractivity contribution in [1.29, 1.82) is 0 Å². The summed E-state index contributed by atoms with van der Waals surface area (Å²) in [6.07, 6.45) is 2.88. The van der Waals surface area contributed by atoms with Crippen molar-refractivity contribution in [2.45, 2.75) is 45.2 Å². The van der Waals surface area contributed by atoms with Gasteiger partial charge in [-0.1, -0.05) is 35.9 Å². The fraction of sp³-hybridized carbons (Fsp3) is 0.261. The Morgan fingerprint density at radius 3 is 2.43 bits per heavy atom. The lowest BCUT2D eigenvalue weighted by Gasteiger charge is -2.16. The maximum atomic E-state index is 13.0. The first kappa shape index (κ1) is 24.7. The molecule has 4 rings (SSSR count). The second kappa shape index (κ2) is 10.1. The Morgan fingerprint density at radius 2 is 1.77 bits per heavy atom. The van der Waals surface area contributed by atoms with Gasteiger partial charge in [-0.2, -0.15) is 4.68 Å². The molecule has 0 saturated heterocycles. The van der Waals surface area contributed by atoms with Gasteiger partial charge in [-0.05, 0) is 72.5 Å². The van der Waals surface area contributed by atoms with E-state index in [2.05, 4.69) is 35.5 Å². The second-order valence-corrected chi connectivity index (χ2v) is 10.3. The van der Waals surface area contributed by atoms with E-state index >= 15 is 0 Å². The summed E-state index contributed by atoms with van der Waals surface area (Å²) < 4.78 is 30.3. The van der Waals surface area contributed by atoms with Crippen molar-refractivity contribution < 1.29 is 8.42 Å². The molecule has 10 nitrogen and oxygen atoms in total. The lowest BCUT2D eigenvalue weighted by molar-refractivity contribution is 0.565. The number of benzene rings is 1. The highest BCUT2D eigenvalue weighted by atomic mass is 35.5. The highest BCUT2D eigenvalue weighted by molar-refractivity contribution is 7.89. The van der Waals surface area contributed by atoms with Crippen LogP contribution in [-0.4, -0.2) is 38.6 Å². The predicted octanol–water partition coefficient (Wildman–Crippen LogP) is 3.68. The van der Waals surface area contributed by atoms with Crippen molar-refractivity contribution in [2.75, 3.05) is 5.32 Å². The molecule has 2 N–H and O–H groups in total. The molecule has 1 atom stereocenters. The highest BCUT2D eigenvalue weighted by Crippen LogP contribution is 2.22. The average molecular weight is 513 g/mol. The molecule has 0 aliphatic carbocycles. The highest BCUT2D eigenvalue weighted by Gasteiger charge is 2.22. The number of hydrogen-bond acceptors (Lipinski definition) is 8. The van der Waals surface area contributed by atoms with E-state index in [0.29, 0.717) is 34.5 Å². The number of nitrogens with one attached hydrogen (secondary N) is 2. The van der Waals surface area contributed by atoms with Crippen LogP contribution in [0.1, 0.15) is 41.0 Å². The largest absolute Gasteiger partial charge is 0.363 e. The Balaban J connectivity index is 1.49. The van der Waals surface area contributed by atoms with E-state index in [-0.39, 0.29) is 4.90 Å². The fourth-order valence-electron chi connectivity index (χ4n) is 3.73. The number of nitrogens with zero attached hydrogens (tertiary/aromatic N) is 6. The van der Waals surface area contributed by atoms with Gasteiger partial charge in [0.2, 0.25) is 10.0 Å². The third-order valence-electron chi connectivity index (χ3n) is 5.55. The van der Waals surface area contributed by atoms with Gasteiger partial charge in [0.15, 0.2) is 5.82 Å². The Morgan fingerprint density at radius 1 is 1.03 bits per heavy atom. The fourth-order valence-corrected chi connectivity index (χ4v) is 5.24. The molecule has 0 aliphatic rings. The van der Waals surface area contributed by atoms with Crippen LogP contribution in [0.4, 0.5) is 5.82 Å². The number of para-hydroxylation sites is 1. The van der Waals surface area contributed by atoms with Gasteiger partial charge in [0.05, 0.1) is 12.2 Å². The molecule has 1 unspecified atom stereocenters. The number of anilines is 1. The number of aromatic nitrogens is 6. The number of rotatable bonds is 8. The number of sulfonamides is 1. The van der Waals surface area contributed by atoms with Crippen molar-refractivity contribution in [1.82, 2.24) is 34.9 Å². The van der Waals surface area contributed by atoms with E-state index in [1.165, 1.54) is 6.20 Å². The van der Waals surface area contributed by atoms with Gasteiger partial charge in [-0.25, -0.2) is 23.1 Å². The molecule has 4 aromatic rings. The summed E-state index contributed by atoms with van der Waals surface area (Å²) in [6.45, 7) is 7.77. The topological polar surface area (TPSA) is 128 Å². The molecular weight excluding hydrogens is 488 g/mol. The Bertz CT molecular complexity index is 1430. The van der Waals surface area contributed by atoms with Gasteiger partial charge in [0.25, 0.3) is 0 Å². The Kier molecular flexibility index (Phi) is 7.10. The van der Waals surface area contributed by atoms with Crippen LogP contribution in [0.15, 0.2) is 53.7 Å². The zero-order chi connectivity index (χ0) is 25.2. The van der Waals surface area contributed by atoms with E-state index in [1.54, 1.807) is 42.9 Å². The van der Waals surface area contributed by atoms with E-state index in [1.807, 2.05) is 32.0 Å². The first-order valence-electron chi connectivity index (χ1n) is 10.8. The van der Waals surface area contributed by atoms with Crippen molar-refractivity contribution in [2.24, 2.45) is 0 Å². The van der Waals surface area contributed by atoms with Gasteiger partial charge >= 0.3 is 0 Å². The molecule has 1 aromatic carbocycles. The van der Waals surface area contributed by atoms with E-state index < -0.39 is 16.1 Å². The van der Waals surface area contributed by atoms with Gasteiger partial charge < -0.3 is 5.32 Å². The normalized spacial score (nSPS) is 12.5. The zero-order valence-electron chi connectivity index (χ0n) is 19.7. The van der Waals surface area contributed by atoms with Gasteiger partial charge in [0.1, 0.15) is 15.9 Å². The molecular formula is C23H25ClN8O2S. The molecule has 0 spiro atoms. The number of aryl methyl sites for hydroxylation is 3. The molecule has 0 amide bonds. The van der Waals surface area contributed by atoms with Gasteiger partial charge in [-0.15, -0.1) is 5.10 Å². The quantitative estimate of drug-likeness (QED) is 0.342. The van der Waals surface area contributed by atoms with Crippen LogP contribution in [0.25, 0.3) is 5.69 Å². The maximum absolute atomic E-state index is 13.0. The lowest BCUT2D eigenvalue weighted by Crippen LogP contribution is -2.27. The van der Waals surface area contributed by atoms with Crippen LogP contribution in [0.5, 0.6) is 0 Å². The molecule has 3 aromatic heterocycles. The summed E-state index contributed by atoms with van der Waals surface area (Å²) in [6, 6.07) is 10.5. The second-order valence-electron chi connectivity index (χ2n) is 8.19. The van der Waals surface area contributed by atoms with Crippen LogP contribution in [0.2, 0.25) is 5.15 Å². The number of pyridine rings is 2. The molecule has 12 heteroatoms. The summed E-state index contributed by atoms with van der Waals surface area (Å²) in [5.74, 6) is 1.11. The monoisotopic (exact) mass is 512 g/mol. The summed E-state index contributed by atoms with van der Waals surface area (Å²) >= 11 is 5.82. The first-order valence-corrected chi connectivity index (χ1v) is 12.7. The van der Waals surface area contributed by atoms with E-state index in [4.69, 9.17) is 11.6 Å². The first-order chi connectivity index (χ1) is 16.7. The number of hydrogen-bond donors (Lipinski definition) is 2. The van der Waals surface area contributed by atoms with Crippen LogP contribution in [0.3, 0.4) is 0 Å². The minimum absolute atomic E-state index is 0.0946.